The van der Waals surface area contributed by atoms with Crippen molar-refractivity contribution >= 4 is 11.9 Å². The first-order valence-electron chi connectivity index (χ1n) is 4.31. The van der Waals surface area contributed by atoms with E-state index in [1.54, 1.807) is 13.8 Å². The fourth-order valence-electron chi connectivity index (χ4n) is 0.727. The SMILES string of the molecule is CCOCC=C(C(=O)O)C(=O)OCC. The summed E-state index contributed by atoms with van der Waals surface area (Å²) in [6.45, 7) is 4.10. The smallest absolute Gasteiger partial charge is 0.345 e. The third kappa shape index (κ3) is 4.61. The van der Waals surface area contributed by atoms with Gasteiger partial charge in [-0.05, 0) is 19.9 Å². The average molecular weight is 202 g/mol. The molecule has 0 saturated heterocycles. The van der Waals surface area contributed by atoms with Gasteiger partial charge in [-0.3, -0.25) is 0 Å². The van der Waals surface area contributed by atoms with E-state index >= 15 is 0 Å². The Hall–Kier alpha value is -1.36. The zero-order valence-corrected chi connectivity index (χ0v) is 8.28. The van der Waals surface area contributed by atoms with Crippen LogP contribution in [0.1, 0.15) is 13.8 Å². The Bertz CT molecular complexity index is 231. The van der Waals surface area contributed by atoms with Gasteiger partial charge >= 0.3 is 11.9 Å². The van der Waals surface area contributed by atoms with E-state index < -0.39 is 11.9 Å². The van der Waals surface area contributed by atoms with Gasteiger partial charge in [0.15, 0.2) is 0 Å². The zero-order chi connectivity index (χ0) is 11.0. The Morgan fingerprint density at radius 1 is 1.29 bits per heavy atom. The van der Waals surface area contributed by atoms with Crippen molar-refractivity contribution in [2.24, 2.45) is 0 Å². The Morgan fingerprint density at radius 3 is 2.36 bits per heavy atom. The number of hydrogen-bond donors (Lipinski definition) is 1. The molecular weight excluding hydrogens is 188 g/mol. The molecule has 0 aliphatic rings. The van der Waals surface area contributed by atoms with Crippen molar-refractivity contribution in [3.63, 3.8) is 0 Å². The van der Waals surface area contributed by atoms with Crippen molar-refractivity contribution in [2.75, 3.05) is 19.8 Å². The Kier molecular flexibility index (Phi) is 6.39. The van der Waals surface area contributed by atoms with Gasteiger partial charge in [0.05, 0.1) is 13.2 Å². The van der Waals surface area contributed by atoms with Crippen molar-refractivity contribution in [1.29, 1.82) is 0 Å². The highest BCUT2D eigenvalue weighted by atomic mass is 16.5. The average Bonchev–Trinajstić information content (AvgIpc) is 2.12. The van der Waals surface area contributed by atoms with Crippen molar-refractivity contribution in [1.82, 2.24) is 0 Å². The number of esters is 1. The Labute approximate surface area is 82.3 Å². The number of carbonyl (C=O) groups is 2. The van der Waals surface area contributed by atoms with Crippen LogP contribution in [0.3, 0.4) is 0 Å². The summed E-state index contributed by atoms with van der Waals surface area (Å²) >= 11 is 0. The largest absolute Gasteiger partial charge is 0.477 e. The van der Waals surface area contributed by atoms with Gasteiger partial charge in [0.1, 0.15) is 5.57 Å². The second-order valence-electron chi connectivity index (χ2n) is 2.30. The number of carboxylic acids is 1. The highest BCUT2D eigenvalue weighted by Crippen LogP contribution is 1.98. The second kappa shape index (κ2) is 7.08. The van der Waals surface area contributed by atoms with Crippen LogP contribution < -0.4 is 0 Å². The van der Waals surface area contributed by atoms with Gasteiger partial charge < -0.3 is 14.6 Å². The van der Waals surface area contributed by atoms with E-state index in [0.717, 1.165) is 0 Å². The van der Waals surface area contributed by atoms with E-state index in [-0.39, 0.29) is 18.8 Å². The molecule has 0 bridgehead atoms. The van der Waals surface area contributed by atoms with Crippen molar-refractivity contribution in [3.8, 4) is 0 Å². The third-order valence-corrected chi connectivity index (χ3v) is 1.34. The number of carboxylic acid groups (broad SMARTS) is 1. The molecule has 0 fully saturated rings. The lowest BCUT2D eigenvalue weighted by Gasteiger charge is -2.02. The third-order valence-electron chi connectivity index (χ3n) is 1.34. The van der Waals surface area contributed by atoms with Crippen LogP contribution in [0, 0.1) is 0 Å². The molecule has 0 heterocycles. The van der Waals surface area contributed by atoms with E-state index in [1.165, 1.54) is 6.08 Å². The van der Waals surface area contributed by atoms with Crippen LogP contribution in [-0.4, -0.2) is 36.9 Å². The summed E-state index contributed by atoms with van der Waals surface area (Å²) in [6, 6.07) is 0. The molecule has 0 amide bonds. The predicted molar refractivity (Wildman–Crippen MR) is 48.8 cm³/mol. The Morgan fingerprint density at radius 2 is 1.93 bits per heavy atom. The predicted octanol–water partition coefficient (Wildman–Crippen LogP) is 0.597. The molecule has 80 valence electrons. The van der Waals surface area contributed by atoms with Crippen LogP contribution in [0.25, 0.3) is 0 Å². The maximum Gasteiger partial charge on any atom is 0.345 e. The van der Waals surface area contributed by atoms with E-state index in [9.17, 15) is 9.59 Å². The van der Waals surface area contributed by atoms with Gasteiger partial charge in [-0.25, -0.2) is 9.59 Å². The van der Waals surface area contributed by atoms with Crippen LogP contribution >= 0.6 is 0 Å². The van der Waals surface area contributed by atoms with Gasteiger partial charge in [0, 0.05) is 6.61 Å². The monoisotopic (exact) mass is 202 g/mol. The molecule has 0 aliphatic carbocycles. The molecule has 0 aliphatic heterocycles. The van der Waals surface area contributed by atoms with Crippen LogP contribution in [0.5, 0.6) is 0 Å². The summed E-state index contributed by atoms with van der Waals surface area (Å²) in [7, 11) is 0. The summed E-state index contributed by atoms with van der Waals surface area (Å²) in [5.41, 5.74) is -0.389. The van der Waals surface area contributed by atoms with Crippen molar-refractivity contribution < 1.29 is 24.2 Å². The summed E-state index contributed by atoms with van der Waals surface area (Å²) in [4.78, 5) is 21.6. The zero-order valence-electron chi connectivity index (χ0n) is 8.28. The van der Waals surface area contributed by atoms with Crippen molar-refractivity contribution in [2.45, 2.75) is 13.8 Å². The molecule has 5 nitrogen and oxygen atoms in total. The molecule has 0 atom stereocenters. The van der Waals surface area contributed by atoms with Gasteiger partial charge in [-0.2, -0.15) is 0 Å². The van der Waals surface area contributed by atoms with Gasteiger partial charge in [0.25, 0.3) is 0 Å². The number of carbonyl (C=O) groups excluding carboxylic acids is 1. The summed E-state index contributed by atoms with van der Waals surface area (Å²) in [5, 5.41) is 8.64. The first-order chi connectivity index (χ1) is 6.63. The van der Waals surface area contributed by atoms with Crippen LogP contribution in [0.15, 0.2) is 11.6 Å². The normalized spacial score (nSPS) is 11.1. The molecule has 0 saturated carbocycles. The molecule has 5 heteroatoms. The first kappa shape index (κ1) is 12.6. The van der Waals surface area contributed by atoms with E-state index in [1.807, 2.05) is 0 Å². The lowest BCUT2D eigenvalue weighted by atomic mass is 10.2. The minimum absolute atomic E-state index is 0.0942. The highest BCUT2D eigenvalue weighted by molar-refractivity contribution is 6.13. The quantitative estimate of drug-likeness (QED) is 0.224. The fraction of sp³-hybridized carbons (Fsp3) is 0.556. The molecular formula is C9H14O5. The van der Waals surface area contributed by atoms with Gasteiger partial charge in [-0.15, -0.1) is 0 Å². The molecule has 0 spiro atoms. The summed E-state index contributed by atoms with van der Waals surface area (Å²) < 4.78 is 9.45. The lowest BCUT2D eigenvalue weighted by Crippen LogP contribution is -2.16. The topological polar surface area (TPSA) is 72.8 Å². The van der Waals surface area contributed by atoms with Gasteiger partial charge in [0.2, 0.25) is 0 Å². The van der Waals surface area contributed by atoms with E-state index in [4.69, 9.17) is 9.84 Å². The summed E-state index contributed by atoms with van der Waals surface area (Å²) in [5.74, 6) is -2.14. The number of hydrogen-bond acceptors (Lipinski definition) is 4. The maximum atomic E-state index is 11.1. The molecule has 0 rings (SSSR count). The molecule has 0 aromatic carbocycles. The van der Waals surface area contributed by atoms with Crippen LogP contribution in [0.2, 0.25) is 0 Å². The molecule has 1 N–H and O–H groups in total. The van der Waals surface area contributed by atoms with E-state index in [0.29, 0.717) is 6.61 Å². The molecule has 0 unspecified atom stereocenters. The van der Waals surface area contributed by atoms with Crippen molar-refractivity contribution in [3.05, 3.63) is 11.6 Å². The van der Waals surface area contributed by atoms with E-state index in [2.05, 4.69) is 4.74 Å². The number of rotatable bonds is 6. The standard InChI is InChI=1S/C9H14O5/c1-3-13-6-5-7(8(10)11)9(12)14-4-2/h5H,3-4,6H2,1-2H3,(H,10,11). The van der Waals surface area contributed by atoms with Crippen LogP contribution in [-0.2, 0) is 19.1 Å². The minimum atomic E-state index is -1.30. The molecule has 0 aromatic heterocycles. The molecule has 0 radical (unpaired) electrons. The Balaban J connectivity index is 4.35. The highest BCUT2D eigenvalue weighted by Gasteiger charge is 2.17. The summed E-state index contributed by atoms with van der Waals surface area (Å²) in [6.07, 6.45) is 1.20. The second-order valence-corrected chi connectivity index (χ2v) is 2.30. The maximum absolute atomic E-state index is 11.1. The number of ether oxygens (including phenoxy) is 2. The fourth-order valence-corrected chi connectivity index (χ4v) is 0.727. The number of aliphatic carboxylic acids is 1. The van der Waals surface area contributed by atoms with Crippen LogP contribution in [0.4, 0.5) is 0 Å². The lowest BCUT2D eigenvalue weighted by molar-refractivity contribution is -0.143. The molecule has 14 heavy (non-hydrogen) atoms. The van der Waals surface area contributed by atoms with Gasteiger partial charge in [-0.1, -0.05) is 0 Å². The minimum Gasteiger partial charge on any atom is -0.477 e. The first-order valence-corrected chi connectivity index (χ1v) is 4.31. The molecule has 0 aromatic rings.